The van der Waals surface area contributed by atoms with E-state index in [4.69, 9.17) is 9.15 Å². The van der Waals surface area contributed by atoms with Crippen LogP contribution in [0.3, 0.4) is 0 Å². The summed E-state index contributed by atoms with van der Waals surface area (Å²) in [5.74, 6) is 0.673. The number of fused-ring (bicyclic) bond motifs is 1. The van der Waals surface area contributed by atoms with Gasteiger partial charge in [0.2, 0.25) is 5.09 Å². The van der Waals surface area contributed by atoms with Crippen molar-refractivity contribution in [3.05, 3.63) is 65.4 Å². The topological polar surface area (TPSA) is 118 Å². The summed E-state index contributed by atoms with van der Waals surface area (Å²) >= 11 is 0. The van der Waals surface area contributed by atoms with Crippen molar-refractivity contribution in [2.75, 3.05) is 12.4 Å². The molecule has 0 spiro atoms. The highest BCUT2D eigenvalue weighted by Gasteiger charge is 2.27. The molecule has 2 amide bonds. The Kier molecular flexibility index (Phi) is 5.94. The van der Waals surface area contributed by atoms with Crippen LogP contribution in [-0.2, 0) is 28.5 Å². The minimum Gasteiger partial charge on any atom is -0.497 e. The van der Waals surface area contributed by atoms with Crippen LogP contribution in [0.25, 0.3) is 11.1 Å². The van der Waals surface area contributed by atoms with E-state index in [-0.39, 0.29) is 5.56 Å². The van der Waals surface area contributed by atoms with E-state index < -0.39 is 26.7 Å². The lowest BCUT2D eigenvalue weighted by Gasteiger charge is -2.17. The first-order valence-corrected chi connectivity index (χ1v) is 12.0. The van der Waals surface area contributed by atoms with Crippen LogP contribution in [0.2, 0.25) is 0 Å². The van der Waals surface area contributed by atoms with Gasteiger partial charge in [-0.05, 0) is 61.9 Å². The number of amides is 2. The van der Waals surface area contributed by atoms with Gasteiger partial charge in [0, 0.05) is 17.2 Å². The normalized spacial score (nSPS) is 13.5. The van der Waals surface area contributed by atoms with Gasteiger partial charge in [0.15, 0.2) is 0 Å². The zero-order valence-corrected chi connectivity index (χ0v) is 19.5. The lowest BCUT2D eigenvalue weighted by atomic mass is 9.97. The number of benzene rings is 2. The number of anilines is 1. The first-order valence-electron chi connectivity index (χ1n) is 10.5. The van der Waals surface area contributed by atoms with Crippen molar-refractivity contribution >= 4 is 21.7 Å². The standard InChI is InChI=1S/C24H26N2O6S/c1-24(2,28)17-13-21(32-14-17)33(29,30)26-23(27)25-22-19-9-5-6-15(19)10-11-20(22)16-7-4-8-18(12-16)31-3/h4,7-8,10-14,28H,5-6,9H2,1-3H3,(H2,25,26,27). The fraction of sp³-hybridized carbons (Fsp3) is 0.292. The molecule has 0 bridgehead atoms. The van der Waals surface area contributed by atoms with Crippen molar-refractivity contribution in [1.82, 2.24) is 4.72 Å². The summed E-state index contributed by atoms with van der Waals surface area (Å²) in [6.07, 6.45) is 3.78. The molecule has 0 aliphatic heterocycles. The molecule has 9 heteroatoms. The molecule has 4 rings (SSSR count). The number of hydrogen-bond donors (Lipinski definition) is 3. The van der Waals surface area contributed by atoms with Crippen LogP contribution < -0.4 is 14.8 Å². The van der Waals surface area contributed by atoms with Crippen molar-refractivity contribution in [2.24, 2.45) is 0 Å². The quantitative estimate of drug-likeness (QED) is 0.497. The van der Waals surface area contributed by atoms with Gasteiger partial charge in [-0.3, -0.25) is 0 Å². The van der Waals surface area contributed by atoms with E-state index in [1.165, 1.54) is 19.9 Å². The maximum Gasteiger partial charge on any atom is 0.333 e. The van der Waals surface area contributed by atoms with Crippen LogP contribution in [-0.4, -0.2) is 26.7 Å². The van der Waals surface area contributed by atoms with Crippen LogP contribution in [0.5, 0.6) is 5.75 Å². The molecule has 0 atom stereocenters. The summed E-state index contributed by atoms with van der Waals surface area (Å²) < 4.78 is 37.8. The molecule has 33 heavy (non-hydrogen) atoms. The number of urea groups is 1. The molecule has 0 saturated heterocycles. The predicted octanol–water partition coefficient (Wildman–Crippen LogP) is 4.18. The van der Waals surface area contributed by atoms with E-state index in [1.54, 1.807) is 7.11 Å². The summed E-state index contributed by atoms with van der Waals surface area (Å²) in [5.41, 5.74) is 3.29. The Morgan fingerprint density at radius 1 is 1.15 bits per heavy atom. The Bertz CT molecular complexity index is 1300. The number of nitrogens with one attached hydrogen (secondary N) is 2. The van der Waals surface area contributed by atoms with E-state index in [2.05, 4.69) is 5.32 Å². The number of methoxy groups -OCH3 is 1. The number of furan rings is 1. The molecular weight excluding hydrogens is 444 g/mol. The molecule has 0 radical (unpaired) electrons. The minimum absolute atomic E-state index is 0.282. The van der Waals surface area contributed by atoms with Crippen molar-refractivity contribution in [2.45, 2.75) is 43.8 Å². The Morgan fingerprint density at radius 2 is 1.94 bits per heavy atom. The van der Waals surface area contributed by atoms with E-state index in [9.17, 15) is 18.3 Å². The molecule has 3 N–H and O–H groups in total. The van der Waals surface area contributed by atoms with Gasteiger partial charge in [-0.1, -0.05) is 24.3 Å². The number of aliphatic hydroxyl groups is 1. The SMILES string of the molecule is COc1cccc(-c2ccc3c(c2NC(=O)NS(=O)(=O)c2cc(C(C)(C)O)co2)CCC3)c1. The zero-order valence-electron chi connectivity index (χ0n) is 18.6. The summed E-state index contributed by atoms with van der Waals surface area (Å²) in [7, 11) is -2.70. The second kappa shape index (κ2) is 8.57. The zero-order chi connectivity index (χ0) is 23.8. The Hall–Kier alpha value is -3.30. The Balaban J connectivity index is 1.64. The van der Waals surface area contributed by atoms with Crippen LogP contribution >= 0.6 is 0 Å². The summed E-state index contributed by atoms with van der Waals surface area (Å²) in [6, 6.07) is 11.7. The third-order valence-corrected chi connectivity index (χ3v) is 6.87. The van der Waals surface area contributed by atoms with Gasteiger partial charge in [0.25, 0.3) is 10.0 Å². The number of aryl methyl sites for hydroxylation is 1. The molecule has 1 aliphatic rings. The van der Waals surface area contributed by atoms with Crippen LogP contribution in [0.4, 0.5) is 10.5 Å². The molecule has 8 nitrogen and oxygen atoms in total. The molecule has 0 unspecified atom stereocenters. The number of sulfonamides is 1. The maximum absolute atomic E-state index is 12.8. The molecule has 1 heterocycles. The van der Waals surface area contributed by atoms with Crippen LogP contribution in [0.1, 0.15) is 37.0 Å². The van der Waals surface area contributed by atoms with E-state index >= 15 is 0 Å². The highest BCUT2D eigenvalue weighted by atomic mass is 32.2. The number of rotatable bonds is 6. The number of carbonyl (C=O) groups excluding carboxylic acids is 1. The lowest BCUT2D eigenvalue weighted by molar-refractivity contribution is 0.0779. The Morgan fingerprint density at radius 3 is 2.64 bits per heavy atom. The monoisotopic (exact) mass is 470 g/mol. The molecule has 174 valence electrons. The number of ether oxygens (including phenoxy) is 1. The van der Waals surface area contributed by atoms with Gasteiger partial charge in [-0.2, -0.15) is 8.42 Å². The van der Waals surface area contributed by atoms with E-state index in [0.717, 1.165) is 47.8 Å². The molecule has 1 aliphatic carbocycles. The average Bonchev–Trinajstić information content (AvgIpc) is 3.43. The fourth-order valence-corrected chi connectivity index (χ4v) is 4.78. The van der Waals surface area contributed by atoms with E-state index in [1.807, 2.05) is 41.1 Å². The van der Waals surface area contributed by atoms with Crippen LogP contribution in [0.15, 0.2) is 58.2 Å². The first kappa shape index (κ1) is 22.9. The minimum atomic E-state index is -4.28. The van der Waals surface area contributed by atoms with Gasteiger partial charge in [-0.15, -0.1) is 0 Å². The molecule has 2 aromatic carbocycles. The highest BCUT2D eigenvalue weighted by molar-refractivity contribution is 7.89. The highest BCUT2D eigenvalue weighted by Crippen LogP contribution is 2.38. The van der Waals surface area contributed by atoms with Gasteiger partial charge in [-0.25, -0.2) is 9.52 Å². The lowest BCUT2D eigenvalue weighted by Crippen LogP contribution is -2.34. The largest absolute Gasteiger partial charge is 0.497 e. The van der Waals surface area contributed by atoms with Crippen LogP contribution in [0, 0.1) is 0 Å². The predicted molar refractivity (Wildman–Crippen MR) is 124 cm³/mol. The third kappa shape index (κ3) is 4.74. The number of hydrogen-bond acceptors (Lipinski definition) is 6. The third-order valence-electron chi connectivity index (χ3n) is 5.68. The molecular formula is C24H26N2O6S. The fourth-order valence-electron chi connectivity index (χ4n) is 3.93. The van der Waals surface area contributed by atoms with Crippen molar-refractivity contribution in [1.29, 1.82) is 0 Å². The molecule has 0 fully saturated rings. The van der Waals surface area contributed by atoms with Gasteiger partial charge >= 0.3 is 6.03 Å². The number of carbonyl (C=O) groups is 1. The second-order valence-corrected chi connectivity index (χ2v) is 10.1. The average molecular weight is 471 g/mol. The summed E-state index contributed by atoms with van der Waals surface area (Å²) in [4.78, 5) is 12.8. The maximum atomic E-state index is 12.8. The smallest absolute Gasteiger partial charge is 0.333 e. The summed E-state index contributed by atoms with van der Waals surface area (Å²) in [6.45, 7) is 3.01. The van der Waals surface area contributed by atoms with Gasteiger partial charge in [0.05, 0.1) is 24.7 Å². The van der Waals surface area contributed by atoms with E-state index in [0.29, 0.717) is 11.4 Å². The second-order valence-electron chi connectivity index (χ2n) is 8.48. The molecule has 3 aromatic rings. The molecule has 0 saturated carbocycles. The van der Waals surface area contributed by atoms with Gasteiger partial charge < -0.3 is 19.6 Å². The van der Waals surface area contributed by atoms with Crippen molar-refractivity contribution in [3.8, 4) is 16.9 Å². The first-order chi connectivity index (χ1) is 15.6. The molecule has 1 aromatic heterocycles. The summed E-state index contributed by atoms with van der Waals surface area (Å²) in [5, 5.41) is 12.3. The van der Waals surface area contributed by atoms with Crippen molar-refractivity contribution in [3.63, 3.8) is 0 Å². The Labute approximate surface area is 192 Å². The van der Waals surface area contributed by atoms with Crippen molar-refractivity contribution < 1.29 is 27.5 Å². The van der Waals surface area contributed by atoms with Gasteiger partial charge in [0.1, 0.15) is 5.75 Å².